The number of hydrogen-bond donors (Lipinski definition) is 1. The Morgan fingerprint density at radius 3 is 2.68 bits per heavy atom. The molecule has 4 nitrogen and oxygen atoms in total. The highest BCUT2D eigenvalue weighted by Crippen LogP contribution is 2.46. The molecule has 19 heavy (non-hydrogen) atoms. The van der Waals surface area contributed by atoms with E-state index < -0.39 is 5.97 Å². The number of aliphatic carboxylic acids is 1. The van der Waals surface area contributed by atoms with Gasteiger partial charge in [-0.2, -0.15) is 0 Å². The molecule has 1 amide bonds. The molecule has 1 saturated heterocycles. The van der Waals surface area contributed by atoms with Crippen LogP contribution >= 0.6 is 0 Å². The molecule has 2 rings (SSSR count). The van der Waals surface area contributed by atoms with Crippen LogP contribution < -0.4 is 0 Å². The van der Waals surface area contributed by atoms with Gasteiger partial charge >= 0.3 is 5.97 Å². The van der Waals surface area contributed by atoms with Crippen molar-refractivity contribution in [3.63, 3.8) is 0 Å². The van der Waals surface area contributed by atoms with Crippen LogP contribution in [-0.2, 0) is 9.59 Å². The molecular weight excluding hydrogens is 242 g/mol. The monoisotopic (exact) mass is 267 g/mol. The first-order valence-electron chi connectivity index (χ1n) is 7.29. The zero-order valence-corrected chi connectivity index (χ0v) is 12.2. The lowest BCUT2D eigenvalue weighted by Gasteiger charge is -2.41. The van der Waals surface area contributed by atoms with Gasteiger partial charge in [-0.05, 0) is 42.9 Å². The summed E-state index contributed by atoms with van der Waals surface area (Å²) in [4.78, 5) is 24.6. The maximum atomic E-state index is 12.3. The summed E-state index contributed by atoms with van der Waals surface area (Å²) in [5.41, 5.74) is 0.308. The Hall–Kier alpha value is -1.06. The minimum Gasteiger partial charge on any atom is -0.480 e. The molecule has 0 radical (unpaired) electrons. The van der Waals surface area contributed by atoms with E-state index in [-0.39, 0.29) is 18.4 Å². The van der Waals surface area contributed by atoms with E-state index >= 15 is 0 Å². The molecule has 0 aromatic carbocycles. The van der Waals surface area contributed by atoms with Gasteiger partial charge < -0.3 is 10.0 Å². The molecule has 2 aliphatic rings. The summed E-state index contributed by atoms with van der Waals surface area (Å²) in [6, 6.07) is 0. The van der Waals surface area contributed by atoms with Crippen molar-refractivity contribution in [2.45, 2.75) is 46.5 Å². The first-order chi connectivity index (χ1) is 8.78. The minimum atomic E-state index is -0.911. The first kappa shape index (κ1) is 14.4. The van der Waals surface area contributed by atoms with Crippen molar-refractivity contribution >= 4 is 11.9 Å². The summed E-state index contributed by atoms with van der Waals surface area (Å²) in [7, 11) is 0. The van der Waals surface area contributed by atoms with Gasteiger partial charge in [0.05, 0.1) is 0 Å². The van der Waals surface area contributed by atoms with Gasteiger partial charge in [0.25, 0.3) is 0 Å². The zero-order valence-electron chi connectivity index (χ0n) is 12.2. The van der Waals surface area contributed by atoms with Crippen molar-refractivity contribution in [3.05, 3.63) is 0 Å². The molecule has 1 aliphatic heterocycles. The molecular formula is C15H25NO3. The van der Waals surface area contributed by atoms with Crippen molar-refractivity contribution in [2.24, 2.45) is 23.2 Å². The molecule has 4 heteroatoms. The fourth-order valence-electron chi connectivity index (χ4n) is 4.25. The van der Waals surface area contributed by atoms with Crippen molar-refractivity contribution in [1.29, 1.82) is 0 Å². The van der Waals surface area contributed by atoms with Crippen molar-refractivity contribution in [2.75, 3.05) is 13.1 Å². The van der Waals surface area contributed by atoms with Crippen LogP contribution in [0.4, 0.5) is 0 Å². The molecule has 1 aliphatic carbocycles. The van der Waals surface area contributed by atoms with Crippen LogP contribution in [-0.4, -0.2) is 35.0 Å². The zero-order chi connectivity index (χ0) is 14.2. The average molecular weight is 267 g/mol. The van der Waals surface area contributed by atoms with E-state index in [1.165, 1.54) is 11.3 Å². The number of amides is 1. The van der Waals surface area contributed by atoms with Crippen LogP contribution in [0.1, 0.15) is 46.5 Å². The standard InChI is InChI=1S/C15H25NO3/c1-10-6-11(8-15(2,3)7-10)12-4-5-16(14(12)19)9-13(17)18/h10-12H,4-9H2,1-3H3,(H,17,18). The Morgan fingerprint density at radius 2 is 2.11 bits per heavy atom. The van der Waals surface area contributed by atoms with Crippen LogP contribution in [0.15, 0.2) is 0 Å². The Morgan fingerprint density at radius 1 is 1.42 bits per heavy atom. The van der Waals surface area contributed by atoms with Gasteiger partial charge in [-0.15, -0.1) is 0 Å². The first-order valence-corrected chi connectivity index (χ1v) is 7.29. The summed E-state index contributed by atoms with van der Waals surface area (Å²) >= 11 is 0. The average Bonchev–Trinajstić information content (AvgIpc) is 2.56. The van der Waals surface area contributed by atoms with Gasteiger partial charge in [0.1, 0.15) is 6.54 Å². The van der Waals surface area contributed by atoms with E-state index in [4.69, 9.17) is 5.11 Å². The third-order valence-electron chi connectivity index (χ3n) is 4.65. The van der Waals surface area contributed by atoms with Crippen molar-refractivity contribution < 1.29 is 14.7 Å². The van der Waals surface area contributed by atoms with Gasteiger partial charge in [-0.25, -0.2) is 0 Å². The molecule has 1 N–H and O–H groups in total. The lowest BCUT2D eigenvalue weighted by atomic mass is 9.64. The number of carbonyl (C=O) groups excluding carboxylic acids is 1. The van der Waals surface area contributed by atoms with E-state index in [9.17, 15) is 9.59 Å². The molecule has 3 atom stereocenters. The van der Waals surface area contributed by atoms with E-state index in [1.54, 1.807) is 0 Å². The van der Waals surface area contributed by atoms with Gasteiger partial charge in [0.2, 0.25) is 5.91 Å². The highest BCUT2D eigenvalue weighted by molar-refractivity contribution is 5.85. The molecule has 1 saturated carbocycles. The summed E-state index contributed by atoms with van der Waals surface area (Å²) in [5, 5.41) is 8.82. The van der Waals surface area contributed by atoms with Crippen LogP contribution in [0.3, 0.4) is 0 Å². The Kier molecular flexibility index (Phi) is 3.88. The van der Waals surface area contributed by atoms with Crippen molar-refractivity contribution in [3.8, 4) is 0 Å². The molecule has 108 valence electrons. The van der Waals surface area contributed by atoms with Gasteiger partial charge in [-0.3, -0.25) is 9.59 Å². The summed E-state index contributed by atoms with van der Waals surface area (Å²) in [5.74, 6) is 0.310. The topological polar surface area (TPSA) is 57.6 Å². The summed E-state index contributed by atoms with van der Waals surface area (Å²) in [6.07, 6.45) is 4.26. The van der Waals surface area contributed by atoms with Crippen molar-refractivity contribution in [1.82, 2.24) is 4.90 Å². The molecule has 0 aromatic rings. The SMILES string of the molecule is CC1CC(C2CCN(CC(=O)O)C2=O)CC(C)(C)C1. The molecule has 0 aromatic heterocycles. The normalized spacial score (nSPS) is 34.6. The van der Waals surface area contributed by atoms with E-state index in [2.05, 4.69) is 20.8 Å². The molecule has 3 unspecified atom stereocenters. The lowest BCUT2D eigenvalue weighted by molar-refractivity contribution is -0.144. The highest BCUT2D eigenvalue weighted by Gasteiger charge is 2.42. The van der Waals surface area contributed by atoms with E-state index in [0.29, 0.717) is 23.8 Å². The maximum absolute atomic E-state index is 12.3. The molecule has 0 spiro atoms. The maximum Gasteiger partial charge on any atom is 0.323 e. The quantitative estimate of drug-likeness (QED) is 0.854. The molecule has 2 fully saturated rings. The fraction of sp³-hybridized carbons (Fsp3) is 0.867. The van der Waals surface area contributed by atoms with Gasteiger partial charge in [0.15, 0.2) is 0 Å². The number of carboxylic acids is 1. The van der Waals surface area contributed by atoms with Gasteiger partial charge in [0, 0.05) is 12.5 Å². The predicted octanol–water partition coefficient (Wildman–Crippen LogP) is 2.38. The number of carbonyl (C=O) groups is 2. The second-order valence-electron chi connectivity index (χ2n) is 7.22. The van der Waals surface area contributed by atoms with Crippen LogP contribution in [0, 0.1) is 23.2 Å². The number of nitrogens with zero attached hydrogens (tertiary/aromatic N) is 1. The number of carboxylic acid groups (broad SMARTS) is 1. The Balaban J connectivity index is 2.03. The Labute approximate surface area is 115 Å². The summed E-state index contributed by atoms with van der Waals surface area (Å²) in [6.45, 7) is 7.30. The second kappa shape index (κ2) is 5.14. The van der Waals surface area contributed by atoms with Crippen LogP contribution in [0.5, 0.6) is 0 Å². The van der Waals surface area contributed by atoms with Gasteiger partial charge in [-0.1, -0.05) is 20.8 Å². The minimum absolute atomic E-state index is 0.0568. The second-order valence-corrected chi connectivity index (χ2v) is 7.22. The largest absolute Gasteiger partial charge is 0.480 e. The summed E-state index contributed by atoms with van der Waals surface area (Å²) < 4.78 is 0. The number of hydrogen-bond acceptors (Lipinski definition) is 2. The number of likely N-dealkylation sites (tertiary alicyclic amines) is 1. The molecule has 0 bridgehead atoms. The highest BCUT2D eigenvalue weighted by atomic mass is 16.4. The third-order valence-corrected chi connectivity index (χ3v) is 4.65. The fourth-order valence-corrected chi connectivity index (χ4v) is 4.25. The Bertz CT molecular complexity index is 378. The van der Waals surface area contributed by atoms with E-state index in [1.807, 2.05) is 0 Å². The number of rotatable bonds is 3. The smallest absolute Gasteiger partial charge is 0.323 e. The van der Waals surface area contributed by atoms with Crippen LogP contribution in [0.25, 0.3) is 0 Å². The molecule has 1 heterocycles. The predicted molar refractivity (Wildman–Crippen MR) is 72.6 cm³/mol. The van der Waals surface area contributed by atoms with Crippen LogP contribution in [0.2, 0.25) is 0 Å². The third kappa shape index (κ3) is 3.28. The lowest BCUT2D eigenvalue weighted by Crippen LogP contribution is -2.37. The van der Waals surface area contributed by atoms with E-state index in [0.717, 1.165) is 19.3 Å².